The molecule has 68 heavy (non-hydrogen) atoms. The lowest BCUT2D eigenvalue weighted by molar-refractivity contribution is -0.161. The number of phosphoric acid groups is 1. The molecule has 3 atom stereocenters. The Morgan fingerprint density at radius 3 is 1.19 bits per heavy atom. The van der Waals surface area contributed by atoms with Gasteiger partial charge in [0, 0.05) is 19.3 Å². The molecule has 0 spiro atoms. The quantitative estimate of drug-likeness (QED) is 0.0197. The first-order valence-corrected chi connectivity index (χ1v) is 28.0. The van der Waals surface area contributed by atoms with Crippen molar-refractivity contribution in [1.29, 1.82) is 0 Å². The zero-order valence-electron chi connectivity index (χ0n) is 42.8. The molecule has 0 aliphatic carbocycles. The minimum absolute atomic E-state index is 0.142. The van der Waals surface area contributed by atoms with E-state index in [-0.39, 0.29) is 25.9 Å². The molecular weight excluding hydrogens is 880 g/mol. The van der Waals surface area contributed by atoms with E-state index in [0.29, 0.717) is 19.3 Å². The zero-order valence-corrected chi connectivity index (χ0v) is 43.7. The summed E-state index contributed by atoms with van der Waals surface area (Å²) in [4.78, 5) is 48.3. The van der Waals surface area contributed by atoms with Crippen molar-refractivity contribution in [3.8, 4) is 0 Å². The third-order valence-electron chi connectivity index (χ3n) is 10.8. The lowest BCUT2D eigenvalue weighted by Gasteiger charge is -2.21. The summed E-state index contributed by atoms with van der Waals surface area (Å²) in [5.74, 6) is -1.52. The molecule has 0 aliphatic rings. The Labute approximate surface area is 413 Å². The Hall–Kier alpha value is -3.34. The third-order valence-corrected chi connectivity index (χ3v) is 11.8. The number of phosphoric ester groups is 1. The Balaban J connectivity index is 4.80. The van der Waals surface area contributed by atoms with E-state index in [9.17, 15) is 28.9 Å². The van der Waals surface area contributed by atoms with Crippen LogP contribution in [0.4, 0.5) is 0 Å². The second kappa shape index (κ2) is 50.1. The van der Waals surface area contributed by atoms with Crippen LogP contribution in [0.5, 0.6) is 0 Å². The molecule has 0 amide bonds. The van der Waals surface area contributed by atoms with Crippen LogP contribution in [-0.4, -0.2) is 66.5 Å². The summed E-state index contributed by atoms with van der Waals surface area (Å²) in [6, 6.07) is 0. The van der Waals surface area contributed by atoms with Gasteiger partial charge in [-0.15, -0.1) is 0 Å². The number of unbranched alkanes of at least 4 members (excludes halogenated alkanes) is 17. The maximum atomic E-state index is 12.9. The van der Waals surface area contributed by atoms with E-state index in [0.717, 1.165) is 122 Å². The number of hydrogen-bond donors (Lipinski definition) is 2. The van der Waals surface area contributed by atoms with Gasteiger partial charge in [-0.25, -0.2) is 4.57 Å². The Bertz CT molecular complexity index is 1460. The lowest BCUT2D eigenvalue weighted by Crippen LogP contribution is -2.30. The number of hydrogen-bond acceptors (Lipinski definition) is 10. The first-order valence-electron chi connectivity index (χ1n) is 26.5. The molecule has 3 unspecified atom stereocenters. The molecule has 0 aromatic rings. The zero-order chi connectivity index (χ0) is 49.9. The Kier molecular flexibility index (Phi) is 47.6. The van der Waals surface area contributed by atoms with Gasteiger partial charge in [0.05, 0.1) is 19.8 Å². The average Bonchev–Trinajstić information content (AvgIpc) is 3.32. The van der Waals surface area contributed by atoms with Crippen LogP contribution < -0.4 is 0 Å². The van der Waals surface area contributed by atoms with Crippen LogP contribution in [0.2, 0.25) is 0 Å². The predicted molar refractivity (Wildman–Crippen MR) is 279 cm³/mol. The van der Waals surface area contributed by atoms with Crippen LogP contribution in [0.3, 0.4) is 0 Å². The van der Waals surface area contributed by atoms with Crippen molar-refractivity contribution < 1.29 is 52.2 Å². The summed E-state index contributed by atoms with van der Waals surface area (Å²) < 4.78 is 39.3. The molecule has 0 rings (SSSR count). The normalized spacial score (nSPS) is 14.1. The lowest BCUT2D eigenvalue weighted by atomic mass is 10.1. The van der Waals surface area contributed by atoms with Gasteiger partial charge in [0.15, 0.2) is 6.10 Å². The first-order chi connectivity index (χ1) is 33.2. The molecule has 0 aliphatic heterocycles. The Morgan fingerprint density at radius 2 is 0.765 bits per heavy atom. The molecule has 0 radical (unpaired) electrons. The summed E-state index contributed by atoms with van der Waals surface area (Å²) in [5, 5.41) is 9.75. The largest absolute Gasteiger partial charge is 0.472 e. The molecule has 0 saturated heterocycles. The van der Waals surface area contributed by atoms with Gasteiger partial charge in [0.25, 0.3) is 0 Å². The molecule has 0 saturated carbocycles. The van der Waals surface area contributed by atoms with E-state index in [2.05, 4.69) is 106 Å². The summed E-state index contributed by atoms with van der Waals surface area (Å²) >= 11 is 0. The van der Waals surface area contributed by atoms with Gasteiger partial charge >= 0.3 is 25.7 Å². The number of aliphatic hydroxyl groups is 1. The standard InChI is InChI=1S/C56H95O11P/c1-4-7-10-13-16-19-21-23-24-25-26-27-28-30-32-35-38-41-44-47-56(60)67-53(49-63-54(58)45-42-39-36-34-31-29-22-20-17-14-11-8-5-2)51-65-68(61,62)64-50-52(48-57)66-55(59)46-43-40-37-33-18-15-12-9-6-3/h7-8,10-11,16-17,19-20,23-24,26-27,29,31,52-53,57H,4-6,9,12-15,18,21-22,25,28,30,32-51H2,1-3H3,(H,61,62)/b10-7-,11-8-,19-16-,20-17-,24-23-,27-26-,31-29-. The minimum Gasteiger partial charge on any atom is -0.462 e. The summed E-state index contributed by atoms with van der Waals surface area (Å²) in [6.45, 7) is 4.32. The number of allylic oxidation sites excluding steroid dienone is 14. The fraction of sp³-hybridized carbons (Fsp3) is 0.696. The van der Waals surface area contributed by atoms with Crippen molar-refractivity contribution in [2.45, 2.75) is 226 Å². The molecule has 390 valence electrons. The number of carbonyl (C=O) groups is 3. The number of ether oxygens (including phenoxy) is 3. The van der Waals surface area contributed by atoms with Crippen LogP contribution in [0, 0.1) is 0 Å². The molecule has 0 fully saturated rings. The maximum Gasteiger partial charge on any atom is 0.472 e. The van der Waals surface area contributed by atoms with Gasteiger partial charge in [0.2, 0.25) is 0 Å². The highest BCUT2D eigenvalue weighted by Crippen LogP contribution is 2.43. The first kappa shape index (κ1) is 64.7. The molecule has 2 N–H and O–H groups in total. The van der Waals surface area contributed by atoms with Crippen LogP contribution >= 0.6 is 7.82 Å². The number of rotatable bonds is 48. The fourth-order valence-corrected chi connectivity index (χ4v) is 7.61. The van der Waals surface area contributed by atoms with E-state index in [1.807, 2.05) is 0 Å². The van der Waals surface area contributed by atoms with Crippen LogP contribution in [0.15, 0.2) is 85.1 Å². The summed E-state index contributed by atoms with van der Waals surface area (Å²) in [7, 11) is -4.75. The van der Waals surface area contributed by atoms with E-state index < -0.39 is 57.8 Å². The van der Waals surface area contributed by atoms with Gasteiger partial charge in [-0.3, -0.25) is 23.4 Å². The molecule has 0 heterocycles. The highest BCUT2D eigenvalue weighted by molar-refractivity contribution is 7.47. The third kappa shape index (κ3) is 47.7. The molecular formula is C56H95O11P. The second-order valence-electron chi connectivity index (χ2n) is 17.3. The average molecular weight is 975 g/mol. The van der Waals surface area contributed by atoms with Crippen LogP contribution in [-0.2, 0) is 42.2 Å². The molecule has 0 aromatic carbocycles. The van der Waals surface area contributed by atoms with Crippen molar-refractivity contribution in [3.05, 3.63) is 85.1 Å². The molecule has 11 nitrogen and oxygen atoms in total. The van der Waals surface area contributed by atoms with Crippen LogP contribution in [0.25, 0.3) is 0 Å². The van der Waals surface area contributed by atoms with Gasteiger partial charge in [-0.2, -0.15) is 0 Å². The van der Waals surface area contributed by atoms with Gasteiger partial charge in [-0.05, 0) is 89.9 Å². The molecule has 0 bridgehead atoms. The monoisotopic (exact) mass is 975 g/mol. The summed E-state index contributed by atoms with van der Waals surface area (Å²) in [5.41, 5.74) is 0. The molecule has 12 heteroatoms. The number of carbonyl (C=O) groups excluding carboxylic acids is 3. The second-order valence-corrected chi connectivity index (χ2v) is 18.7. The van der Waals surface area contributed by atoms with Gasteiger partial charge in [-0.1, -0.05) is 189 Å². The van der Waals surface area contributed by atoms with E-state index in [1.54, 1.807) is 0 Å². The number of aliphatic hydroxyl groups excluding tert-OH is 1. The van der Waals surface area contributed by atoms with Crippen molar-refractivity contribution in [2.24, 2.45) is 0 Å². The minimum atomic E-state index is -4.75. The van der Waals surface area contributed by atoms with Crippen molar-refractivity contribution in [1.82, 2.24) is 0 Å². The summed E-state index contributed by atoms with van der Waals surface area (Å²) in [6.07, 6.45) is 55.6. The Morgan fingerprint density at radius 1 is 0.426 bits per heavy atom. The van der Waals surface area contributed by atoms with E-state index in [4.69, 9.17) is 23.3 Å². The van der Waals surface area contributed by atoms with Crippen molar-refractivity contribution in [3.63, 3.8) is 0 Å². The van der Waals surface area contributed by atoms with Gasteiger partial charge < -0.3 is 24.2 Å². The number of esters is 3. The topological polar surface area (TPSA) is 155 Å². The SMILES string of the molecule is CC/C=C\C/C=C\C/C=C\C/C=C\CCCCCCCCC(=O)OC(COC(=O)CCCCC/C=C\C/C=C\C/C=C\CC)COP(=O)(O)OCC(CO)OC(=O)CCCCCCCCCCC. The van der Waals surface area contributed by atoms with Crippen molar-refractivity contribution in [2.75, 3.05) is 26.4 Å². The highest BCUT2D eigenvalue weighted by atomic mass is 31.2. The maximum absolute atomic E-state index is 12.9. The van der Waals surface area contributed by atoms with Crippen LogP contribution in [0.1, 0.15) is 213 Å². The van der Waals surface area contributed by atoms with E-state index >= 15 is 0 Å². The van der Waals surface area contributed by atoms with Crippen molar-refractivity contribution >= 4 is 25.7 Å². The molecule has 0 aromatic heterocycles. The highest BCUT2D eigenvalue weighted by Gasteiger charge is 2.28. The van der Waals surface area contributed by atoms with E-state index in [1.165, 1.54) is 32.1 Å². The smallest absolute Gasteiger partial charge is 0.462 e. The predicted octanol–water partition coefficient (Wildman–Crippen LogP) is 15.1. The van der Waals surface area contributed by atoms with Gasteiger partial charge in [0.1, 0.15) is 12.7 Å². The fourth-order valence-electron chi connectivity index (χ4n) is 6.83.